The van der Waals surface area contributed by atoms with Crippen LogP contribution in [-0.2, 0) is 0 Å². The van der Waals surface area contributed by atoms with Gasteiger partial charge in [0.25, 0.3) is 0 Å². The van der Waals surface area contributed by atoms with Crippen molar-refractivity contribution in [1.82, 2.24) is 4.98 Å². The maximum Gasteiger partial charge on any atom is 0.343 e. The molecule has 0 aliphatic carbocycles. The topological polar surface area (TPSA) is 39.2 Å². The van der Waals surface area contributed by atoms with Gasteiger partial charge in [-0.05, 0) is 25.1 Å². The van der Waals surface area contributed by atoms with Crippen LogP contribution in [0, 0.1) is 6.92 Å². The maximum atomic E-state index is 11.7. The molecule has 0 saturated heterocycles. The molecule has 1 aromatic heterocycles. The predicted octanol–water partition coefficient (Wildman–Crippen LogP) is 2.61. The lowest BCUT2D eigenvalue weighted by Crippen LogP contribution is -2.08. The van der Waals surface area contributed by atoms with Gasteiger partial charge in [0.05, 0.1) is 5.56 Å². The lowest BCUT2D eigenvalue weighted by molar-refractivity contribution is 0.0733. The standard InChI is InChI=1S/C13H11NO2/c1-10-9-14-8-7-12(10)16-13(15)11-5-3-2-4-6-11/h2-9H,1H3. The second-order valence-electron chi connectivity index (χ2n) is 3.40. The zero-order valence-electron chi connectivity index (χ0n) is 8.88. The summed E-state index contributed by atoms with van der Waals surface area (Å²) in [4.78, 5) is 15.7. The van der Waals surface area contributed by atoms with Crippen molar-refractivity contribution >= 4 is 5.97 Å². The number of aromatic nitrogens is 1. The Labute approximate surface area is 93.7 Å². The monoisotopic (exact) mass is 213 g/mol. The highest BCUT2D eigenvalue weighted by Gasteiger charge is 2.08. The van der Waals surface area contributed by atoms with Crippen molar-refractivity contribution in [2.75, 3.05) is 0 Å². The molecule has 0 unspecified atom stereocenters. The lowest BCUT2D eigenvalue weighted by Gasteiger charge is -2.05. The first kappa shape index (κ1) is 10.4. The van der Waals surface area contributed by atoms with Crippen LogP contribution in [0.2, 0.25) is 0 Å². The molecule has 2 rings (SSSR count). The first-order chi connectivity index (χ1) is 7.77. The van der Waals surface area contributed by atoms with E-state index in [0.717, 1.165) is 5.56 Å². The van der Waals surface area contributed by atoms with Gasteiger partial charge < -0.3 is 4.74 Å². The van der Waals surface area contributed by atoms with Crippen LogP contribution in [0.15, 0.2) is 48.8 Å². The molecule has 16 heavy (non-hydrogen) atoms. The van der Waals surface area contributed by atoms with Gasteiger partial charge in [0.2, 0.25) is 0 Å². The molecule has 0 atom stereocenters. The number of nitrogens with zero attached hydrogens (tertiary/aromatic N) is 1. The normalized spacial score (nSPS) is 9.81. The van der Waals surface area contributed by atoms with Crippen molar-refractivity contribution in [3.63, 3.8) is 0 Å². The third-order valence-electron chi connectivity index (χ3n) is 2.18. The molecule has 0 saturated carbocycles. The van der Waals surface area contributed by atoms with Crippen molar-refractivity contribution in [3.05, 3.63) is 59.9 Å². The number of esters is 1. The Kier molecular flexibility index (Phi) is 2.96. The second kappa shape index (κ2) is 4.57. The molecule has 0 radical (unpaired) electrons. The summed E-state index contributed by atoms with van der Waals surface area (Å²) < 4.78 is 5.25. The molecule has 0 aliphatic heterocycles. The number of carbonyl (C=O) groups is 1. The molecule has 1 aromatic carbocycles. The van der Waals surface area contributed by atoms with Crippen LogP contribution in [0.1, 0.15) is 15.9 Å². The van der Waals surface area contributed by atoms with Crippen LogP contribution in [0.25, 0.3) is 0 Å². The van der Waals surface area contributed by atoms with E-state index in [-0.39, 0.29) is 5.97 Å². The maximum absolute atomic E-state index is 11.7. The largest absolute Gasteiger partial charge is 0.423 e. The van der Waals surface area contributed by atoms with Crippen LogP contribution in [-0.4, -0.2) is 11.0 Å². The summed E-state index contributed by atoms with van der Waals surface area (Å²) in [5.74, 6) is 0.193. The number of hydrogen-bond donors (Lipinski definition) is 0. The fraction of sp³-hybridized carbons (Fsp3) is 0.0769. The summed E-state index contributed by atoms with van der Waals surface area (Å²) in [6.07, 6.45) is 3.26. The van der Waals surface area contributed by atoms with Gasteiger partial charge in [-0.15, -0.1) is 0 Å². The second-order valence-corrected chi connectivity index (χ2v) is 3.40. The van der Waals surface area contributed by atoms with E-state index in [2.05, 4.69) is 4.98 Å². The summed E-state index contributed by atoms with van der Waals surface area (Å²) in [5.41, 5.74) is 1.38. The molecule has 0 bridgehead atoms. The summed E-state index contributed by atoms with van der Waals surface area (Å²) >= 11 is 0. The molecule has 2 aromatic rings. The van der Waals surface area contributed by atoms with Crippen LogP contribution >= 0.6 is 0 Å². The highest BCUT2D eigenvalue weighted by atomic mass is 16.5. The summed E-state index contributed by atoms with van der Waals surface area (Å²) in [6, 6.07) is 10.6. The number of benzene rings is 1. The van der Waals surface area contributed by atoms with Gasteiger partial charge in [0, 0.05) is 18.0 Å². The first-order valence-corrected chi connectivity index (χ1v) is 4.95. The molecule has 0 fully saturated rings. The highest BCUT2D eigenvalue weighted by Crippen LogP contribution is 2.16. The zero-order valence-corrected chi connectivity index (χ0v) is 8.88. The Hall–Kier alpha value is -2.16. The van der Waals surface area contributed by atoms with Gasteiger partial charge >= 0.3 is 5.97 Å². The Morgan fingerprint density at radius 2 is 1.94 bits per heavy atom. The van der Waals surface area contributed by atoms with Gasteiger partial charge in [-0.25, -0.2) is 4.79 Å². The molecule has 0 aliphatic rings. The SMILES string of the molecule is Cc1cnccc1OC(=O)c1ccccc1. The molecule has 0 spiro atoms. The third-order valence-corrected chi connectivity index (χ3v) is 2.18. The smallest absolute Gasteiger partial charge is 0.343 e. The van der Waals surface area contributed by atoms with Crippen molar-refractivity contribution in [2.45, 2.75) is 6.92 Å². The Morgan fingerprint density at radius 1 is 1.19 bits per heavy atom. The number of pyridine rings is 1. The van der Waals surface area contributed by atoms with E-state index >= 15 is 0 Å². The molecule has 80 valence electrons. The minimum atomic E-state index is -0.352. The van der Waals surface area contributed by atoms with Crippen molar-refractivity contribution < 1.29 is 9.53 Å². The molecule has 1 heterocycles. The van der Waals surface area contributed by atoms with E-state index in [4.69, 9.17) is 4.74 Å². The number of aryl methyl sites for hydroxylation is 1. The summed E-state index contributed by atoms with van der Waals surface area (Å²) in [5, 5.41) is 0. The zero-order chi connectivity index (χ0) is 11.4. The summed E-state index contributed by atoms with van der Waals surface area (Å²) in [6.45, 7) is 1.85. The fourth-order valence-electron chi connectivity index (χ4n) is 1.31. The molecule has 0 N–H and O–H groups in total. The van der Waals surface area contributed by atoms with Crippen molar-refractivity contribution in [3.8, 4) is 5.75 Å². The number of hydrogen-bond acceptors (Lipinski definition) is 3. The van der Waals surface area contributed by atoms with Crippen LogP contribution in [0.4, 0.5) is 0 Å². The molecule has 3 heteroatoms. The van der Waals surface area contributed by atoms with E-state index in [0.29, 0.717) is 11.3 Å². The van der Waals surface area contributed by atoms with Crippen LogP contribution < -0.4 is 4.74 Å². The van der Waals surface area contributed by atoms with E-state index in [9.17, 15) is 4.79 Å². The van der Waals surface area contributed by atoms with Gasteiger partial charge in [-0.2, -0.15) is 0 Å². The highest BCUT2D eigenvalue weighted by molar-refractivity contribution is 5.91. The van der Waals surface area contributed by atoms with E-state index < -0.39 is 0 Å². The van der Waals surface area contributed by atoms with Gasteiger partial charge in [0.15, 0.2) is 0 Å². The quantitative estimate of drug-likeness (QED) is 0.720. The van der Waals surface area contributed by atoms with E-state index in [1.165, 1.54) is 0 Å². The average Bonchev–Trinajstić information content (AvgIpc) is 2.33. The lowest BCUT2D eigenvalue weighted by atomic mass is 10.2. The minimum Gasteiger partial charge on any atom is -0.423 e. The predicted molar refractivity (Wildman–Crippen MR) is 60.4 cm³/mol. The molecular weight excluding hydrogens is 202 g/mol. The van der Waals surface area contributed by atoms with Crippen LogP contribution in [0.3, 0.4) is 0 Å². The number of rotatable bonds is 2. The molecule has 0 amide bonds. The Morgan fingerprint density at radius 3 is 2.62 bits per heavy atom. The first-order valence-electron chi connectivity index (χ1n) is 4.95. The Balaban J connectivity index is 2.18. The van der Waals surface area contributed by atoms with E-state index in [1.807, 2.05) is 13.0 Å². The number of carbonyl (C=O) groups excluding carboxylic acids is 1. The van der Waals surface area contributed by atoms with Gasteiger partial charge in [0.1, 0.15) is 5.75 Å². The summed E-state index contributed by atoms with van der Waals surface area (Å²) in [7, 11) is 0. The molecule has 3 nitrogen and oxygen atoms in total. The van der Waals surface area contributed by atoms with Crippen molar-refractivity contribution in [2.24, 2.45) is 0 Å². The Bertz CT molecular complexity index is 494. The molecular formula is C13H11NO2. The van der Waals surface area contributed by atoms with Crippen LogP contribution in [0.5, 0.6) is 5.75 Å². The minimum absolute atomic E-state index is 0.352. The average molecular weight is 213 g/mol. The fourth-order valence-corrected chi connectivity index (χ4v) is 1.31. The third kappa shape index (κ3) is 2.25. The van der Waals surface area contributed by atoms with Gasteiger partial charge in [-0.1, -0.05) is 18.2 Å². The van der Waals surface area contributed by atoms with Gasteiger partial charge in [-0.3, -0.25) is 4.98 Å². The van der Waals surface area contributed by atoms with E-state index in [1.54, 1.807) is 42.7 Å². The number of ether oxygens (including phenoxy) is 1. The van der Waals surface area contributed by atoms with Crippen molar-refractivity contribution in [1.29, 1.82) is 0 Å².